The van der Waals surface area contributed by atoms with E-state index in [0.717, 1.165) is 5.69 Å². The minimum Gasteiger partial charge on any atom is -0.467 e. The van der Waals surface area contributed by atoms with Crippen LogP contribution in [0.25, 0.3) is 5.69 Å². The summed E-state index contributed by atoms with van der Waals surface area (Å²) in [6.45, 7) is 2.99. The molecule has 0 aliphatic rings. The normalized spacial score (nSPS) is 11.8. The zero-order valence-electron chi connectivity index (χ0n) is 14.8. The Morgan fingerprint density at radius 3 is 2.67 bits per heavy atom. The van der Waals surface area contributed by atoms with Gasteiger partial charge in [-0.25, -0.2) is 9.48 Å². The summed E-state index contributed by atoms with van der Waals surface area (Å²) in [6, 6.07) is 12.3. The number of ether oxygens (including phenoxy) is 1. The summed E-state index contributed by atoms with van der Waals surface area (Å²) >= 11 is 6.31. The van der Waals surface area contributed by atoms with Crippen LogP contribution in [-0.4, -0.2) is 28.3 Å². The molecule has 3 rings (SSSR count). The van der Waals surface area contributed by atoms with Crippen LogP contribution in [0.4, 0.5) is 0 Å². The molecular weight excluding hydrogens is 370 g/mol. The van der Waals surface area contributed by atoms with Gasteiger partial charge < -0.3 is 14.5 Å². The number of para-hydroxylation sites is 1. The van der Waals surface area contributed by atoms with Crippen molar-refractivity contribution in [1.82, 2.24) is 15.1 Å². The highest BCUT2D eigenvalue weighted by Gasteiger charge is 2.23. The van der Waals surface area contributed by atoms with Crippen molar-refractivity contribution in [2.75, 3.05) is 6.61 Å². The molecule has 0 aliphatic heterocycles. The monoisotopic (exact) mass is 387 g/mol. The number of rotatable bonds is 6. The van der Waals surface area contributed by atoms with E-state index in [1.165, 1.54) is 10.9 Å². The Bertz CT molecular complexity index is 936. The molecule has 0 saturated heterocycles. The van der Waals surface area contributed by atoms with Gasteiger partial charge in [-0.05, 0) is 38.1 Å². The molecule has 0 radical (unpaired) electrons. The number of nitrogens with one attached hydrogen (secondary N) is 1. The van der Waals surface area contributed by atoms with E-state index < -0.39 is 18.5 Å². The van der Waals surface area contributed by atoms with Crippen molar-refractivity contribution in [1.29, 1.82) is 0 Å². The number of aryl methyl sites for hydroxylation is 1. The molecule has 1 N–H and O–H groups in total. The summed E-state index contributed by atoms with van der Waals surface area (Å²) in [5.74, 6) is -0.547. The summed E-state index contributed by atoms with van der Waals surface area (Å²) < 4.78 is 11.8. The van der Waals surface area contributed by atoms with Gasteiger partial charge in [0.05, 0.1) is 23.7 Å². The Hall–Kier alpha value is -3.06. The van der Waals surface area contributed by atoms with E-state index in [1.807, 2.05) is 30.3 Å². The molecule has 0 bridgehead atoms. The number of carbonyl (C=O) groups is 2. The minimum atomic E-state index is -0.708. The van der Waals surface area contributed by atoms with Gasteiger partial charge in [-0.15, -0.1) is 0 Å². The van der Waals surface area contributed by atoms with Crippen molar-refractivity contribution in [3.8, 4) is 5.69 Å². The highest BCUT2D eigenvalue weighted by molar-refractivity contribution is 6.33. The zero-order chi connectivity index (χ0) is 19.4. The number of nitrogens with zero attached hydrogens (tertiary/aromatic N) is 2. The predicted molar refractivity (Wildman–Crippen MR) is 98.9 cm³/mol. The number of hydrogen-bond acceptors (Lipinski definition) is 5. The molecule has 0 spiro atoms. The maximum Gasteiger partial charge on any atom is 0.343 e. The smallest absolute Gasteiger partial charge is 0.343 e. The van der Waals surface area contributed by atoms with Crippen LogP contribution in [-0.2, 0) is 9.53 Å². The first-order valence-electron chi connectivity index (χ1n) is 8.27. The summed E-state index contributed by atoms with van der Waals surface area (Å²) in [4.78, 5) is 24.4. The van der Waals surface area contributed by atoms with Crippen LogP contribution in [0.2, 0.25) is 5.15 Å². The second kappa shape index (κ2) is 8.09. The highest BCUT2D eigenvalue weighted by atomic mass is 35.5. The summed E-state index contributed by atoms with van der Waals surface area (Å²) in [6.07, 6.45) is 1.52. The van der Waals surface area contributed by atoms with Crippen LogP contribution in [0.1, 0.15) is 34.8 Å². The molecule has 0 saturated carbocycles. The quantitative estimate of drug-likeness (QED) is 0.654. The zero-order valence-corrected chi connectivity index (χ0v) is 15.6. The van der Waals surface area contributed by atoms with Gasteiger partial charge in [-0.1, -0.05) is 29.8 Å². The lowest BCUT2D eigenvalue weighted by Crippen LogP contribution is -2.31. The van der Waals surface area contributed by atoms with E-state index in [2.05, 4.69) is 10.4 Å². The topological polar surface area (TPSA) is 86.4 Å². The van der Waals surface area contributed by atoms with Crippen molar-refractivity contribution in [3.05, 3.63) is 70.9 Å². The lowest BCUT2D eigenvalue weighted by atomic mass is 10.2. The number of hydrogen-bond donors (Lipinski definition) is 1. The van der Waals surface area contributed by atoms with Gasteiger partial charge in [0.15, 0.2) is 6.61 Å². The first kappa shape index (κ1) is 18.7. The lowest BCUT2D eigenvalue weighted by Gasteiger charge is -2.11. The van der Waals surface area contributed by atoms with E-state index >= 15 is 0 Å². The molecule has 8 heteroatoms. The summed E-state index contributed by atoms with van der Waals surface area (Å²) in [5.41, 5.74) is 1.26. The van der Waals surface area contributed by atoms with Crippen LogP contribution < -0.4 is 5.32 Å². The van der Waals surface area contributed by atoms with Gasteiger partial charge in [0, 0.05) is 0 Å². The third-order valence-electron chi connectivity index (χ3n) is 3.89. The maximum absolute atomic E-state index is 12.4. The van der Waals surface area contributed by atoms with Crippen LogP contribution in [0.3, 0.4) is 0 Å². The van der Waals surface area contributed by atoms with Gasteiger partial charge in [0.1, 0.15) is 16.5 Å². The van der Waals surface area contributed by atoms with Gasteiger partial charge in [0.2, 0.25) is 0 Å². The molecule has 0 fully saturated rings. The second-order valence-electron chi connectivity index (χ2n) is 5.88. The van der Waals surface area contributed by atoms with Crippen molar-refractivity contribution >= 4 is 23.5 Å². The van der Waals surface area contributed by atoms with Crippen molar-refractivity contribution in [2.45, 2.75) is 19.9 Å². The van der Waals surface area contributed by atoms with E-state index in [9.17, 15) is 9.59 Å². The summed E-state index contributed by atoms with van der Waals surface area (Å²) in [5, 5.41) is 7.10. The number of furan rings is 1. The largest absolute Gasteiger partial charge is 0.467 e. The fourth-order valence-electron chi connectivity index (χ4n) is 2.57. The Labute approximate surface area is 160 Å². The number of halogens is 1. The van der Waals surface area contributed by atoms with Crippen LogP contribution >= 0.6 is 11.6 Å². The molecule has 0 aliphatic carbocycles. The van der Waals surface area contributed by atoms with Crippen LogP contribution in [0.5, 0.6) is 0 Å². The SMILES string of the molecule is Cc1nn(-c2ccccc2)c(Cl)c1C(=O)OCC(=O)N[C@@H](C)c1ccco1. The Balaban J connectivity index is 1.65. The molecule has 1 atom stereocenters. The predicted octanol–water partition coefficient (Wildman–Crippen LogP) is 3.46. The number of aromatic nitrogens is 2. The van der Waals surface area contributed by atoms with E-state index in [0.29, 0.717) is 11.5 Å². The fourth-order valence-corrected chi connectivity index (χ4v) is 2.92. The van der Waals surface area contributed by atoms with Crippen LogP contribution in [0, 0.1) is 6.92 Å². The van der Waals surface area contributed by atoms with E-state index in [4.69, 9.17) is 20.8 Å². The molecule has 3 aromatic rings. The lowest BCUT2D eigenvalue weighted by molar-refractivity contribution is -0.125. The van der Waals surface area contributed by atoms with Gasteiger partial charge in [-0.3, -0.25) is 4.79 Å². The average molecular weight is 388 g/mol. The molecule has 1 amide bonds. The molecule has 0 unspecified atom stereocenters. The molecular formula is C19H18ClN3O4. The molecule has 1 aromatic carbocycles. The van der Waals surface area contributed by atoms with Gasteiger partial charge >= 0.3 is 5.97 Å². The van der Waals surface area contributed by atoms with Crippen molar-refractivity contribution < 1.29 is 18.7 Å². The average Bonchev–Trinajstić information content (AvgIpc) is 3.29. The Morgan fingerprint density at radius 2 is 2.00 bits per heavy atom. The first-order chi connectivity index (χ1) is 13.0. The molecule has 140 valence electrons. The Kier molecular flexibility index (Phi) is 5.61. The van der Waals surface area contributed by atoms with Crippen molar-refractivity contribution in [3.63, 3.8) is 0 Å². The molecule has 27 heavy (non-hydrogen) atoms. The fraction of sp³-hybridized carbons (Fsp3) is 0.211. The highest BCUT2D eigenvalue weighted by Crippen LogP contribution is 2.24. The third-order valence-corrected chi connectivity index (χ3v) is 4.24. The van der Waals surface area contributed by atoms with Crippen LogP contribution in [0.15, 0.2) is 53.1 Å². The molecule has 7 nitrogen and oxygen atoms in total. The van der Waals surface area contributed by atoms with Gasteiger partial charge in [-0.2, -0.15) is 5.10 Å². The maximum atomic E-state index is 12.4. The standard InChI is InChI=1S/C19H18ClN3O4/c1-12(15-9-6-10-26-15)21-16(24)11-27-19(25)17-13(2)22-23(18(17)20)14-7-4-3-5-8-14/h3-10,12H,11H2,1-2H3,(H,21,24)/t12-/m0/s1. The minimum absolute atomic E-state index is 0.132. The second-order valence-corrected chi connectivity index (χ2v) is 6.24. The van der Waals surface area contributed by atoms with E-state index in [-0.39, 0.29) is 16.8 Å². The number of esters is 1. The third kappa shape index (κ3) is 4.20. The van der Waals surface area contributed by atoms with Crippen molar-refractivity contribution in [2.24, 2.45) is 0 Å². The number of benzene rings is 1. The molecule has 2 aromatic heterocycles. The first-order valence-corrected chi connectivity index (χ1v) is 8.65. The number of amides is 1. The Morgan fingerprint density at radius 1 is 1.26 bits per heavy atom. The summed E-state index contributed by atoms with van der Waals surface area (Å²) in [7, 11) is 0. The van der Waals surface area contributed by atoms with Gasteiger partial charge in [0.25, 0.3) is 5.91 Å². The molecule has 2 heterocycles. The number of carbonyl (C=O) groups excluding carboxylic acids is 2. The van der Waals surface area contributed by atoms with E-state index in [1.54, 1.807) is 26.0 Å².